The van der Waals surface area contributed by atoms with Gasteiger partial charge in [-0.25, -0.2) is 0 Å². The third-order valence-corrected chi connectivity index (χ3v) is 5.35. The lowest BCUT2D eigenvalue weighted by Gasteiger charge is -2.39. The van der Waals surface area contributed by atoms with Crippen LogP contribution in [-0.2, 0) is 0 Å². The molecule has 4 heteroatoms. The van der Waals surface area contributed by atoms with E-state index in [0.29, 0.717) is 11.3 Å². The first-order valence-corrected chi connectivity index (χ1v) is 7.89. The molecule has 1 saturated heterocycles. The summed E-state index contributed by atoms with van der Waals surface area (Å²) in [6.07, 6.45) is 0. The topological polar surface area (TPSA) is 53.1 Å². The molecule has 0 amide bonds. The Hall–Kier alpha value is -1.00. The number of hydrogen-bond acceptors (Lipinski definition) is 3. The Labute approximate surface area is 120 Å². The van der Waals surface area contributed by atoms with Crippen LogP contribution < -0.4 is 5.73 Å². The van der Waals surface area contributed by atoms with Crippen molar-refractivity contribution < 1.29 is 0 Å². The van der Waals surface area contributed by atoms with E-state index >= 15 is 0 Å². The first-order valence-electron chi connectivity index (χ1n) is 6.84. The van der Waals surface area contributed by atoms with Crippen molar-refractivity contribution in [3.05, 3.63) is 35.9 Å². The molecule has 1 aliphatic rings. The van der Waals surface area contributed by atoms with Crippen LogP contribution >= 0.6 is 11.8 Å². The molecule has 3 nitrogen and oxygen atoms in total. The van der Waals surface area contributed by atoms with E-state index in [4.69, 9.17) is 11.1 Å². The molecule has 0 spiro atoms. The molecular weight excluding hydrogens is 254 g/mol. The van der Waals surface area contributed by atoms with Gasteiger partial charge in [-0.3, -0.25) is 10.3 Å². The van der Waals surface area contributed by atoms with E-state index in [9.17, 15) is 0 Å². The molecule has 3 atom stereocenters. The van der Waals surface area contributed by atoms with Crippen LogP contribution in [0.1, 0.15) is 25.3 Å². The molecule has 1 fully saturated rings. The molecule has 0 saturated carbocycles. The van der Waals surface area contributed by atoms with Crippen molar-refractivity contribution in [2.24, 2.45) is 5.73 Å². The Kier molecular flexibility index (Phi) is 4.88. The van der Waals surface area contributed by atoms with Crippen LogP contribution in [0.3, 0.4) is 0 Å². The van der Waals surface area contributed by atoms with E-state index in [1.165, 1.54) is 5.75 Å². The minimum Gasteiger partial charge on any atom is -0.387 e. The number of nitrogens with two attached hydrogens (primary N) is 1. The van der Waals surface area contributed by atoms with Gasteiger partial charge in [-0.2, -0.15) is 11.8 Å². The van der Waals surface area contributed by atoms with Gasteiger partial charge >= 0.3 is 0 Å². The van der Waals surface area contributed by atoms with Crippen molar-refractivity contribution in [2.75, 3.05) is 18.8 Å². The number of nitrogens with one attached hydrogen (secondary N) is 1. The minimum atomic E-state index is 0.0129. The molecule has 104 valence electrons. The summed E-state index contributed by atoms with van der Waals surface area (Å²) in [6.45, 7) is 6.50. The molecule has 0 radical (unpaired) electrons. The van der Waals surface area contributed by atoms with Crippen LogP contribution in [0.2, 0.25) is 0 Å². The van der Waals surface area contributed by atoms with Gasteiger partial charge < -0.3 is 5.73 Å². The van der Waals surface area contributed by atoms with Crippen molar-refractivity contribution in [2.45, 2.75) is 31.1 Å². The van der Waals surface area contributed by atoms with Crippen LogP contribution in [-0.4, -0.2) is 40.9 Å². The summed E-state index contributed by atoms with van der Waals surface area (Å²) in [4.78, 5) is 2.47. The SMILES string of the molecule is CC1SCCN(CC(C(=N)N)c2ccccc2)C1C. The number of rotatable bonds is 4. The van der Waals surface area contributed by atoms with Gasteiger partial charge in [-0.15, -0.1) is 0 Å². The molecule has 0 bridgehead atoms. The average molecular weight is 277 g/mol. The van der Waals surface area contributed by atoms with Crippen LogP contribution in [0.25, 0.3) is 0 Å². The third kappa shape index (κ3) is 3.51. The van der Waals surface area contributed by atoms with Crippen LogP contribution in [0, 0.1) is 5.41 Å². The number of thioether (sulfide) groups is 1. The molecule has 1 aliphatic heterocycles. The maximum atomic E-state index is 7.87. The van der Waals surface area contributed by atoms with E-state index in [1.54, 1.807) is 0 Å². The van der Waals surface area contributed by atoms with Crippen molar-refractivity contribution in [3.63, 3.8) is 0 Å². The Morgan fingerprint density at radius 3 is 2.74 bits per heavy atom. The Morgan fingerprint density at radius 2 is 2.11 bits per heavy atom. The van der Waals surface area contributed by atoms with Gasteiger partial charge in [-0.05, 0) is 12.5 Å². The van der Waals surface area contributed by atoms with E-state index in [1.807, 2.05) is 30.0 Å². The predicted molar refractivity (Wildman–Crippen MR) is 84.1 cm³/mol. The maximum absolute atomic E-state index is 7.87. The highest BCUT2D eigenvalue weighted by Crippen LogP contribution is 2.27. The van der Waals surface area contributed by atoms with Gasteiger partial charge in [-0.1, -0.05) is 37.3 Å². The van der Waals surface area contributed by atoms with E-state index in [2.05, 4.69) is 30.9 Å². The summed E-state index contributed by atoms with van der Waals surface area (Å²) in [5.41, 5.74) is 6.96. The molecule has 19 heavy (non-hydrogen) atoms. The predicted octanol–water partition coefficient (Wildman–Crippen LogP) is 2.53. The molecule has 0 aliphatic carbocycles. The van der Waals surface area contributed by atoms with E-state index < -0.39 is 0 Å². The number of amidine groups is 1. The lowest BCUT2D eigenvalue weighted by molar-refractivity contribution is 0.210. The molecule has 3 unspecified atom stereocenters. The summed E-state index contributed by atoms with van der Waals surface area (Å²) < 4.78 is 0. The first-order chi connectivity index (χ1) is 9.09. The Morgan fingerprint density at radius 1 is 1.42 bits per heavy atom. The highest BCUT2D eigenvalue weighted by molar-refractivity contribution is 8.00. The quantitative estimate of drug-likeness (QED) is 0.657. The maximum Gasteiger partial charge on any atom is 0.0995 e. The summed E-state index contributed by atoms with van der Waals surface area (Å²) >= 11 is 2.03. The largest absolute Gasteiger partial charge is 0.387 e. The second kappa shape index (κ2) is 6.44. The molecule has 1 aromatic carbocycles. The van der Waals surface area contributed by atoms with Gasteiger partial charge in [0.2, 0.25) is 0 Å². The molecular formula is C15H23N3S. The normalized spacial score (nSPS) is 26.0. The molecule has 1 aromatic rings. The standard InChI is InChI=1S/C15H23N3S/c1-11-12(2)19-9-8-18(11)10-14(15(16)17)13-6-4-3-5-7-13/h3-7,11-12,14H,8-10H2,1-2H3,(H3,16,17). The van der Waals surface area contributed by atoms with Gasteiger partial charge in [0.25, 0.3) is 0 Å². The van der Waals surface area contributed by atoms with E-state index in [0.717, 1.165) is 18.7 Å². The van der Waals surface area contributed by atoms with Gasteiger partial charge in [0.15, 0.2) is 0 Å². The zero-order valence-electron chi connectivity index (χ0n) is 11.7. The second-order valence-corrected chi connectivity index (χ2v) is 6.72. The zero-order valence-corrected chi connectivity index (χ0v) is 12.5. The second-order valence-electron chi connectivity index (χ2n) is 5.23. The van der Waals surface area contributed by atoms with Gasteiger partial charge in [0.05, 0.1) is 11.8 Å². The monoisotopic (exact) mass is 277 g/mol. The smallest absolute Gasteiger partial charge is 0.0995 e. The lowest BCUT2D eigenvalue weighted by atomic mass is 9.96. The fourth-order valence-corrected chi connectivity index (χ4v) is 3.72. The van der Waals surface area contributed by atoms with Crippen LogP contribution in [0.4, 0.5) is 0 Å². The minimum absolute atomic E-state index is 0.0129. The first kappa shape index (κ1) is 14.4. The van der Waals surface area contributed by atoms with Crippen molar-refractivity contribution in [1.82, 2.24) is 4.90 Å². The van der Waals surface area contributed by atoms with Gasteiger partial charge in [0, 0.05) is 30.1 Å². The molecule has 0 aromatic heterocycles. The fraction of sp³-hybridized carbons (Fsp3) is 0.533. The summed E-state index contributed by atoms with van der Waals surface area (Å²) in [6, 6.07) is 10.7. The average Bonchev–Trinajstić information content (AvgIpc) is 2.41. The van der Waals surface area contributed by atoms with Gasteiger partial charge in [0.1, 0.15) is 0 Å². The lowest BCUT2D eigenvalue weighted by Crippen LogP contribution is -2.47. The summed E-state index contributed by atoms with van der Waals surface area (Å²) in [5, 5.41) is 8.52. The summed E-state index contributed by atoms with van der Waals surface area (Å²) in [7, 11) is 0. The third-order valence-electron chi connectivity index (χ3n) is 4.01. The van der Waals surface area contributed by atoms with E-state index in [-0.39, 0.29) is 11.8 Å². The van der Waals surface area contributed by atoms with Crippen molar-refractivity contribution in [3.8, 4) is 0 Å². The Bertz CT molecular complexity index is 421. The van der Waals surface area contributed by atoms with Crippen LogP contribution in [0.5, 0.6) is 0 Å². The Balaban J connectivity index is 2.11. The van der Waals surface area contributed by atoms with Crippen molar-refractivity contribution in [1.29, 1.82) is 5.41 Å². The van der Waals surface area contributed by atoms with Crippen molar-refractivity contribution >= 4 is 17.6 Å². The molecule has 3 N–H and O–H groups in total. The number of nitrogens with zero attached hydrogens (tertiary/aromatic N) is 1. The number of benzene rings is 1. The molecule has 1 heterocycles. The van der Waals surface area contributed by atoms with Crippen LogP contribution in [0.15, 0.2) is 30.3 Å². The molecule has 2 rings (SSSR count). The zero-order chi connectivity index (χ0) is 13.8. The number of hydrogen-bond donors (Lipinski definition) is 2. The fourth-order valence-electron chi connectivity index (χ4n) is 2.56. The highest BCUT2D eigenvalue weighted by Gasteiger charge is 2.28. The highest BCUT2D eigenvalue weighted by atomic mass is 32.2. The summed E-state index contributed by atoms with van der Waals surface area (Å²) in [5.74, 6) is 1.45.